The van der Waals surface area contributed by atoms with E-state index in [2.05, 4.69) is 15.6 Å². The molecule has 0 bridgehead atoms. The van der Waals surface area contributed by atoms with Crippen molar-refractivity contribution in [3.63, 3.8) is 0 Å². The highest BCUT2D eigenvalue weighted by molar-refractivity contribution is 14.0. The van der Waals surface area contributed by atoms with Crippen LogP contribution in [0.2, 0.25) is 5.02 Å². The Hall–Kier alpha value is -1.67. The molecular weight excluding hydrogens is 465 g/mol. The minimum absolute atomic E-state index is 0. The van der Waals surface area contributed by atoms with Gasteiger partial charge in [-0.2, -0.15) is 0 Å². The second kappa shape index (κ2) is 11.9. The van der Waals surface area contributed by atoms with Crippen molar-refractivity contribution < 1.29 is 9.47 Å². The molecule has 0 radical (unpaired) electrons. The average molecular weight is 490 g/mol. The minimum atomic E-state index is 0. The molecule has 0 aliphatic rings. The summed E-state index contributed by atoms with van der Waals surface area (Å²) in [5, 5.41) is 7.29. The highest BCUT2D eigenvalue weighted by Gasteiger charge is 2.04. The van der Waals surface area contributed by atoms with Crippen molar-refractivity contribution in [1.82, 2.24) is 10.6 Å². The highest BCUT2D eigenvalue weighted by atomic mass is 127. The first kappa shape index (κ1) is 22.4. The molecule has 0 aromatic heterocycles. The van der Waals surface area contributed by atoms with Crippen LogP contribution in [0.5, 0.6) is 11.5 Å². The standard InChI is InChI=1S/C19H24ClN3O2.HI/c1-21-19(23-13-14-5-4-6-16(11-14)24-2)22-10-9-15-7-8-17(25-3)12-18(15)20;/h4-8,11-12H,9-10,13H2,1-3H3,(H2,21,22,23);1H. The Bertz CT molecular complexity index is 726. The van der Waals surface area contributed by atoms with Crippen LogP contribution >= 0.6 is 35.6 Å². The summed E-state index contributed by atoms with van der Waals surface area (Å²) in [7, 11) is 5.05. The molecule has 2 N–H and O–H groups in total. The van der Waals surface area contributed by atoms with E-state index >= 15 is 0 Å². The van der Waals surface area contributed by atoms with Gasteiger partial charge in [-0.25, -0.2) is 0 Å². The third-order valence-electron chi connectivity index (χ3n) is 3.76. The topological polar surface area (TPSA) is 54.9 Å². The van der Waals surface area contributed by atoms with Crippen LogP contribution in [0, 0.1) is 0 Å². The van der Waals surface area contributed by atoms with Crippen LogP contribution in [0.25, 0.3) is 0 Å². The Balaban J connectivity index is 0.00000338. The summed E-state index contributed by atoms with van der Waals surface area (Å²) in [4.78, 5) is 4.24. The fourth-order valence-corrected chi connectivity index (χ4v) is 2.63. The summed E-state index contributed by atoms with van der Waals surface area (Å²) in [6, 6.07) is 13.7. The lowest BCUT2D eigenvalue weighted by molar-refractivity contribution is 0.414. The number of hydrogen-bond acceptors (Lipinski definition) is 3. The predicted octanol–water partition coefficient (Wildman–Crippen LogP) is 3.88. The Labute approximate surface area is 177 Å². The lowest BCUT2D eigenvalue weighted by Crippen LogP contribution is -2.37. The number of halogens is 2. The third-order valence-corrected chi connectivity index (χ3v) is 4.12. The zero-order valence-electron chi connectivity index (χ0n) is 15.2. The van der Waals surface area contributed by atoms with Crippen molar-refractivity contribution in [3.05, 3.63) is 58.6 Å². The maximum absolute atomic E-state index is 6.26. The van der Waals surface area contributed by atoms with Crippen LogP contribution in [-0.2, 0) is 13.0 Å². The van der Waals surface area contributed by atoms with Crippen LogP contribution in [0.1, 0.15) is 11.1 Å². The first-order chi connectivity index (χ1) is 12.2. The largest absolute Gasteiger partial charge is 0.497 e. The van der Waals surface area contributed by atoms with Gasteiger partial charge in [0.15, 0.2) is 5.96 Å². The Morgan fingerprint density at radius 1 is 1.04 bits per heavy atom. The molecule has 5 nitrogen and oxygen atoms in total. The second-order valence-electron chi connectivity index (χ2n) is 5.41. The number of nitrogens with one attached hydrogen (secondary N) is 2. The van der Waals surface area contributed by atoms with E-state index in [4.69, 9.17) is 21.1 Å². The molecule has 0 atom stereocenters. The Morgan fingerprint density at radius 3 is 2.42 bits per heavy atom. The number of rotatable bonds is 7. The maximum atomic E-state index is 6.26. The fourth-order valence-electron chi connectivity index (χ4n) is 2.36. The number of methoxy groups -OCH3 is 2. The molecule has 0 fully saturated rings. The quantitative estimate of drug-likeness (QED) is 0.352. The molecule has 2 aromatic carbocycles. The fraction of sp³-hybridized carbons (Fsp3) is 0.316. The van der Waals surface area contributed by atoms with Gasteiger partial charge in [0.2, 0.25) is 0 Å². The summed E-state index contributed by atoms with van der Waals surface area (Å²) >= 11 is 6.26. The van der Waals surface area contributed by atoms with Crippen molar-refractivity contribution >= 4 is 41.5 Å². The molecular formula is C19H25ClIN3O2. The van der Waals surface area contributed by atoms with Crippen molar-refractivity contribution in [2.45, 2.75) is 13.0 Å². The number of hydrogen-bond donors (Lipinski definition) is 2. The maximum Gasteiger partial charge on any atom is 0.191 e. The summed E-state index contributed by atoms with van der Waals surface area (Å²) in [5.74, 6) is 2.35. The van der Waals surface area contributed by atoms with E-state index in [0.29, 0.717) is 11.6 Å². The van der Waals surface area contributed by atoms with Gasteiger partial charge in [-0.15, -0.1) is 24.0 Å². The lowest BCUT2D eigenvalue weighted by Gasteiger charge is -2.13. The monoisotopic (exact) mass is 489 g/mol. The average Bonchev–Trinajstić information content (AvgIpc) is 2.65. The number of benzene rings is 2. The second-order valence-corrected chi connectivity index (χ2v) is 5.82. The SMILES string of the molecule is CN=C(NCCc1ccc(OC)cc1Cl)NCc1cccc(OC)c1.I. The summed E-state index contributed by atoms with van der Waals surface area (Å²) in [6.45, 7) is 1.39. The van der Waals surface area contributed by atoms with Gasteiger partial charge < -0.3 is 20.1 Å². The summed E-state index contributed by atoms with van der Waals surface area (Å²) in [6.07, 6.45) is 0.794. The Kier molecular flexibility index (Phi) is 10.2. The van der Waals surface area contributed by atoms with E-state index in [-0.39, 0.29) is 24.0 Å². The number of nitrogens with zero attached hydrogens (tertiary/aromatic N) is 1. The van der Waals surface area contributed by atoms with Crippen molar-refractivity contribution in [2.24, 2.45) is 4.99 Å². The van der Waals surface area contributed by atoms with E-state index in [1.54, 1.807) is 21.3 Å². The van der Waals surface area contributed by atoms with Crippen LogP contribution in [0.15, 0.2) is 47.5 Å². The molecule has 0 aliphatic carbocycles. The number of guanidine groups is 1. The molecule has 0 saturated heterocycles. The van der Waals surface area contributed by atoms with E-state index in [1.165, 1.54) is 0 Å². The molecule has 142 valence electrons. The van der Waals surface area contributed by atoms with Gasteiger partial charge in [0.1, 0.15) is 11.5 Å². The zero-order chi connectivity index (χ0) is 18.1. The number of ether oxygens (including phenoxy) is 2. The van der Waals surface area contributed by atoms with Crippen molar-refractivity contribution in [1.29, 1.82) is 0 Å². The first-order valence-corrected chi connectivity index (χ1v) is 8.44. The molecule has 0 spiro atoms. The van der Waals surface area contributed by atoms with Crippen LogP contribution in [-0.4, -0.2) is 33.8 Å². The molecule has 7 heteroatoms. The molecule has 0 saturated carbocycles. The predicted molar refractivity (Wildman–Crippen MR) is 118 cm³/mol. The lowest BCUT2D eigenvalue weighted by atomic mass is 10.1. The molecule has 2 aromatic rings. The molecule has 2 rings (SSSR count). The first-order valence-electron chi connectivity index (χ1n) is 8.06. The zero-order valence-corrected chi connectivity index (χ0v) is 18.3. The normalized spacial score (nSPS) is 10.7. The summed E-state index contributed by atoms with van der Waals surface area (Å²) < 4.78 is 10.4. The van der Waals surface area contributed by atoms with E-state index < -0.39 is 0 Å². The van der Waals surface area contributed by atoms with E-state index in [0.717, 1.165) is 41.6 Å². The molecule has 26 heavy (non-hydrogen) atoms. The number of aliphatic imine (C=N–C) groups is 1. The van der Waals surface area contributed by atoms with Gasteiger partial charge in [-0.3, -0.25) is 4.99 Å². The van der Waals surface area contributed by atoms with E-state index in [1.807, 2.05) is 42.5 Å². The van der Waals surface area contributed by atoms with Gasteiger partial charge in [-0.1, -0.05) is 29.8 Å². The van der Waals surface area contributed by atoms with Crippen molar-refractivity contribution in [3.8, 4) is 11.5 Å². The highest BCUT2D eigenvalue weighted by Crippen LogP contribution is 2.22. The van der Waals surface area contributed by atoms with Crippen LogP contribution in [0.3, 0.4) is 0 Å². The smallest absolute Gasteiger partial charge is 0.191 e. The van der Waals surface area contributed by atoms with Crippen LogP contribution < -0.4 is 20.1 Å². The van der Waals surface area contributed by atoms with Gasteiger partial charge in [0.05, 0.1) is 14.2 Å². The van der Waals surface area contributed by atoms with Gasteiger partial charge in [0.25, 0.3) is 0 Å². The molecule has 0 amide bonds. The van der Waals surface area contributed by atoms with E-state index in [9.17, 15) is 0 Å². The third kappa shape index (κ3) is 6.92. The Morgan fingerprint density at radius 2 is 1.77 bits per heavy atom. The molecule has 0 heterocycles. The van der Waals surface area contributed by atoms with Crippen LogP contribution in [0.4, 0.5) is 0 Å². The van der Waals surface area contributed by atoms with Crippen molar-refractivity contribution in [2.75, 3.05) is 27.8 Å². The minimum Gasteiger partial charge on any atom is -0.497 e. The summed E-state index contributed by atoms with van der Waals surface area (Å²) in [5.41, 5.74) is 2.19. The molecule has 0 unspecified atom stereocenters. The van der Waals surface area contributed by atoms with Gasteiger partial charge in [0, 0.05) is 25.2 Å². The van der Waals surface area contributed by atoms with Gasteiger partial charge in [-0.05, 0) is 41.8 Å². The van der Waals surface area contributed by atoms with Gasteiger partial charge >= 0.3 is 0 Å². The molecule has 0 aliphatic heterocycles.